The van der Waals surface area contributed by atoms with Gasteiger partial charge in [0.25, 0.3) is 0 Å². The first-order valence-corrected chi connectivity index (χ1v) is 14.7. The minimum absolute atomic E-state index is 0.124. The number of nitrogens with zero attached hydrogens (tertiary/aromatic N) is 6. The van der Waals surface area contributed by atoms with Crippen molar-refractivity contribution in [1.29, 1.82) is 0 Å². The number of anilines is 1. The molecule has 0 bridgehead atoms. The molecule has 0 saturated carbocycles. The summed E-state index contributed by atoms with van der Waals surface area (Å²) in [5.74, 6) is 0.183. The van der Waals surface area contributed by atoms with Crippen LogP contribution >= 0.6 is 11.8 Å². The van der Waals surface area contributed by atoms with Crippen molar-refractivity contribution in [3.63, 3.8) is 0 Å². The molecular formula is C31H27F3N6O3S. The highest BCUT2D eigenvalue weighted by Crippen LogP contribution is 2.31. The fourth-order valence-electron chi connectivity index (χ4n) is 4.49. The van der Waals surface area contributed by atoms with Crippen molar-refractivity contribution in [2.45, 2.75) is 39.5 Å². The number of amidine groups is 1. The van der Waals surface area contributed by atoms with Gasteiger partial charge in [-0.15, -0.1) is 18.3 Å². The van der Waals surface area contributed by atoms with Crippen LogP contribution in [-0.2, 0) is 17.6 Å². The normalized spacial score (nSPS) is 14.6. The van der Waals surface area contributed by atoms with Gasteiger partial charge < -0.3 is 4.74 Å². The van der Waals surface area contributed by atoms with Crippen LogP contribution in [0.15, 0.2) is 83.0 Å². The fraction of sp³-hybridized carbons (Fsp3) is 0.226. The first-order chi connectivity index (χ1) is 21.1. The SMILES string of the molecule is CCCc1ccc(C)cc1N1C(=O)CSC1=NC(=O)N=CCc1ccc(-c2ncn(-c3ccc(OC(F)(F)F)cc3)n2)cc1. The van der Waals surface area contributed by atoms with Crippen LogP contribution < -0.4 is 9.64 Å². The van der Waals surface area contributed by atoms with Crippen molar-refractivity contribution in [1.82, 2.24) is 14.8 Å². The molecule has 1 saturated heterocycles. The van der Waals surface area contributed by atoms with Crippen LogP contribution in [0.1, 0.15) is 30.0 Å². The van der Waals surface area contributed by atoms with Crippen LogP contribution in [0, 0.1) is 6.92 Å². The molecule has 3 amide bonds. The zero-order chi connectivity index (χ0) is 31.3. The molecular weight excluding hydrogens is 593 g/mol. The summed E-state index contributed by atoms with van der Waals surface area (Å²) in [6.07, 6.45) is 0.272. The van der Waals surface area contributed by atoms with Crippen molar-refractivity contribution in [3.05, 3.63) is 89.7 Å². The maximum atomic E-state index is 12.7. The van der Waals surface area contributed by atoms with Gasteiger partial charge >= 0.3 is 12.4 Å². The second-order valence-electron chi connectivity index (χ2n) is 9.84. The molecule has 3 aromatic carbocycles. The Labute approximate surface area is 255 Å². The summed E-state index contributed by atoms with van der Waals surface area (Å²) in [5.41, 5.74) is 4.92. The average molecular weight is 621 g/mol. The molecule has 1 aromatic heterocycles. The Balaban J connectivity index is 1.21. The van der Waals surface area contributed by atoms with Gasteiger partial charge in [0.05, 0.1) is 17.1 Å². The molecule has 0 spiro atoms. The Hall–Kier alpha value is -4.78. The zero-order valence-corrected chi connectivity index (χ0v) is 24.6. The van der Waals surface area contributed by atoms with Gasteiger partial charge in [-0.2, -0.15) is 4.99 Å². The van der Waals surface area contributed by atoms with Gasteiger partial charge in [-0.05, 0) is 60.4 Å². The summed E-state index contributed by atoms with van der Waals surface area (Å²) < 4.78 is 42.5. The summed E-state index contributed by atoms with van der Waals surface area (Å²) in [6.45, 7) is 4.03. The topological polar surface area (TPSA) is 102 Å². The number of urea groups is 1. The molecule has 4 aromatic rings. The average Bonchev–Trinajstić information content (AvgIpc) is 3.61. The van der Waals surface area contributed by atoms with Gasteiger partial charge in [-0.1, -0.05) is 61.5 Å². The van der Waals surface area contributed by atoms with E-state index in [4.69, 9.17) is 0 Å². The third kappa shape index (κ3) is 7.59. The van der Waals surface area contributed by atoms with E-state index >= 15 is 0 Å². The predicted molar refractivity (Wildman–Crippen MR) is 164 cm³/mol. The molecule has 44 heavy (non-hydrogen) atoms. The van der Waals surface area contributed by atoms with E-state index in [9.17, 15) is 22.8 Å². The number of hydrogen-bond acceptors (Lipinski definition) is 6. The lowest BCUT2D eigenvalue weighted by molar-refractivity contribution is -0.274. The van der Waals surface area contributed by atoms with E-state index in [1.165, 1.54) is 58.2 Å². The first-order valence-electron chi connectivity index (χ1n) is 13.7. The van der Waals surface area contributed by atoms with Gasteiger partial charge in [0.1, 0.15) is 12.1 Å². The summed E-state index contributed by atoms with van der Waals surface area (Å²) in [6, 6.07) is 17.9. The highest BCUT2D eigenvalue weighted by molar-refractivity contribution is 8.15. The number of aryl methyl sites for hydroxylation is 2. The summed E-state index contributed by atoms with van der Waals surface area (Å²) in [7, 11) is 0. The molecule has 1 fully saturated rings. The number of aromatic nitrogens is 3. The molecule has 5 rings (SSSR count). The van der Waals surface area contributed by atoms with Gasteiger partial charge in [0, 0.05) is 18.2 Å². The molecule has 0 N–H and O–H groups in total. The Morgan fingerprint density at radius 3 is 2.55 bits per heavy atom. The number of carbonyl (C=O) groups excluding carboxylic acids is 2. The number of benzene rings is 3. The van der Waals surface area contributed by atoms with Gasteiger partial charge in [-0.25, -0.2) is 19.5 Å². The number of rotatable bonds is 8. The summed E-state index contributed by atoms with van der Waals surface area (Å²) >= 11 is 1.22. The molecule has 9 nitrogen and oxygen atoms in total. The lowest BCUT2D eigenvalue weighted by Crippen LogP contribution is -2.30. The number of aliphatic imine (C=N–C) groups is 2. The van der Waals surface area contributed by atoms with Crippen molar-refractivity contribution >= 4 is 40.8 Å². The van der Waals surface area contributed by atoms with E-state index in [2.05, 4.69) is 31.7 Å². The van der Waals surface area contributed by atoms with Gasteiger partial charge in [0.15, 0.2) is 11.0 Å². The van der Waals surface area contributed by atoms with Crippen LogP contribution in [0.5, 0.6) is 5.75 Å². The number of alkyl halides is 3. The Kier molecular flexibility index (Phi) is 9.23. The van der Waals surface area contributed by atoms with Gasteiger partial charge in [-0.3, -0.25) is 9.69 Å². The molecule has 13 heteroatoms. The van der Waals surface area contributed by atoms with E-state index in [-0.39, 0.29) is 17.4 Å². The molecule has 0 atom stereocenters. The number of amides is 3. The second kappa shape index (κ2) is 13.2. The van der Waals surface area contributed by atoms with E-state index in [1.54, 1.807) is 0 Å². The minimum Gasteiger partial charge on any atom is -0.406 e. The minimum atomic E-state index is -4.76. The fourth-order valence-corrected chi connectivity index (χ4v) is 5.35. The molecule has 0 unspecified atom stereocenters. The van der Waals surface area contributed by atoms with Crippen LogP contribution in [0.25, 0.3) is 17.1 Å². The molecule has 0 aliphatic carbocycles. The molecule has 1 aliphatic heterocycles. The largest absolute Gasteiger partial charge is 0.573 e. The van der Waals surface area contributed by atoms with E-state index < -0.39 is 12.4 Å². The van der Waals surface area contributed by atoms with E-state index in [0.29, 0.717) is 23.1 Å². The third-order valence-corrected chi connectivity index (χ3v) is 7.45. The Morgan fingerprint density at radius 2 is 1.84 bits per heavy atom. The number of ether oxygens (including phenoxy) is 1. The predicted octanol–water partition coefficient (Wildman–Crippen LogP) is 6.96. The zero-order valence-electron chi connectivity index (χ0n) is 23.8. The van der Waals surface area contributed by atoms with Crippen molar-refractivity contribution in [2.24, 2.45) is 9.98 Å². The highest BCUT2D eigenvalue weighted by atomic mass is 32.2. The molecule has 0 radical (unpaired) electrons. The maximum absolute atomic E-state index is 12.7. The van der Waals surface area contributed by atoms with Crippen LogP contribution in [-0.4, -0.2) is 50.2 Å². The van der Waals surface area contributed by atoms with Gasteiger partial charge in [0.2, 0.25) is 5.91 Å². The molecule has 1 aliphatic rings. The summed E-state index contributed by atoms with van der Waals surface area (Å²) in [4.78, 5) is 39.2. The smallest absolute Gasteiger partial charge is 0.406 e. The lowest BCUT2D eigenvalue weighted by atomic mass is 10.0. The van der Waals surface area contributed by atoms with Crippen LogP contribution in [0.2, 0.25) is 0 Å². The number of hydrogen-bond donors (Lipinski definition) is 0. The number of carbonyl (C=O) groups is 2. The quantitative estimate of drug-likeness (QED) is 0.197. The maximum Gasteiger partial charge on any atom is 0.573 e. The van der Waals surface area contributed by atoms with Crippen molar-refractivity contribution < 1.29 is 27.5 Å². The second-order valence-corrected chi connectivity index (χ2v) is 10.8. The van der Waals surface area contributed by atoms with E-state index in [1.807, 2.05) is 49.4 Å². The molecule has 2 heterocycles. The Bertz CT molecular complexity index is 1720. The number of thioether (sulfide) groups is 1. The standard InChI is InChI=1S/C31H27F3N6O3S/c1-3-4-22-8-5-20(2)17-26(22)40-27(41)18-44-30(40)37-29(42)35-16-15-21-6-9-23(10-7-21)28-36-19-39(38-28)24-11-13-25(14-12-24)43-31(32,33)34/h5-14,16-17,19H,3-4,15,18H2,1-2H3. The summed E-state index contributed by atoms with van der Waals surface area (Å²) in [5, 5.41) is 4.72. The van der Waals surface area contributed by atoms with Crippen LogP contribution in [0.3, 0.4) is 0 Å². The lowest BCUT2D eigenvalue weighted by Gasteiger charge is -2.20. The highest BCUT2D eigenvalue weighted by Gasteiger charge is 2.32. The molecule has 226 valence electrons. The third-order valence-electron chi connectivity index (χ3n) is 6.53. The Morgan fingerprint density at radius 1 is 1.09 bits per heavy atom. The number of halogens is 3. The van der Waals surface area contributed by atoms with Crippen LogP contribution in [0.4, 0.5) is 23.7 Å². The van der Waals surface area contributed by atoms with E-state index in [0.717, 1.165) is 40.8 Å². The van der Waals surface area contributed by atoms with Crippen molar-refractivity contribution in [2.75, 3.05) is 10.7 Å². The van der Waals surface area contributed by atoms with Crippen molar-refractivity contribution in [3.8, 4) is 22.8 Å². The first kappa shape index (κ1) is 30.7. The monoisotopic (exact) mass is 620 g/mol.